The predicted octanol–water partition coefficient (Wildman–Crippen LogP) is 5.40. The van der Waals surface area contributed by atoms with Gasteiger partial charge >= 0.3 is 6.18 Å². The molecule has 2 N–H and O–H groups in total. The van der Waals surface area contributed by atoms with E-state index in [4.69, 9.17) is 0 Å². The molecule has 2 aromatic carbocycles. The first-order valence-electron chi connectivity index (χ1n) is 11.5. The molecule has 3 aliphatic rings. The zero-order valence-corrected chi connectivity index (χ0v) is 19.2. The fraction of sp³-hybridized carbons (Fsp3) is 0.520. The maximum absolute atomic E-state index is 13.3. The molecule has 0 saturated heterocycles. The maximum Gasteiger partial charge on any atom is 0.416 e. The first-order valence-corrected chi connectivity index (χ1v) is 13.0. The topological polar surface area (TPSA) is 66.4 Å². The molecule has 2 fully saturated rings. The van der Waals surface area contributed by atoms with Crippen molar-refractivity contribution in [2.75, 3.05) is 0 Å². The van der Waals surface area contributed by atoms with Gasteiger partial charge in [0.15, 0.2) is 0 Å². The summed E-state index contributed by atoms with van der Waals surface area (Å²) in [5, 5.41) is 10.1. The highest BCUT2D eigenvalue weighted by Gasteiger charge is 2.53. The van der Waals surface area contributed by atoms with Crippen molar-refractivity contribution in [2.24, 2.45) is 17.8 Å². The van der Waals surface area contributed by atoms with Gasteiger partial charge < -0.3 is 5.11 Å². The lowest BCUT2D eigenvalue weighted by Crippen LogP contribution is -2.60. The van der Waals surface area contributed by atoms with Crippen LogP contribution >= 0.6 is 0 Å². The average molecular weight is 480 g/mol. The number of phenols is 1. The minimum Gasteiger partial charge on any atom is -0.508 e. The van der Waals surface area contributed by atoms with Gasteiger partial charge in [-0.2, -0.15) is 13.2 Å². The number of nitrogens with one attached hydrogen (secondary N) is 1. The summed E-state index contributed by atoms with van der Waals surface area (Å²) in [6, 6.07) is 8.77. The van der Waals surface area contributed by atoms with Crippen LogP contribution in [0.1, 0.15) is 55.7 Å². The normalized spacial score (nSPS) is 29.5. The summed E-state index contributed by atoms with van der Waals surface area (Å²) in [6.45, 7) is 2.02. The number of hydrogen-bond donors (Lipinski definition) is 2. The molecule has 1 unspecified atom stereocenters. The molecule has 178 valence electrons. The first kappa shape index (κ1) is 22.7. The number of aromatic hydroxyl groups is 1. The third-order valence-electron chi connectivity index (χ3n) is 8.01. The van der Waals surface area contributed by atoms with Crippen molar-refractivity contribution in [1.29, 1.82) is 0 Å². The molecule has 4 nitrogen and oxygen atoms in total. The smallest absolute Gasteiger partial charge is 0.416 e. The SMILES string of the molecule is C[C@]12CCC(CC3CC3)[C@H](Cc3ccc(O)cc31)[C@@H]2NS(=O)(=O)c1cccc(C(F)(F)F)c1. The van der Waals surface area contributed by atoms with Crippen LogP contribution in [-0.2, 0) is 28.0 Å². The molecule has 0 heterocycles. The van der Waals surface area contributed by atoms with Crippen molar-refractivity contribution in [3.8, 4) is 5.75 Å². The van der Waals surface area contributed by atoms with Crippen LogP contribution < -0.4 is 4.72 Å². The third kappa shape index (κ3) is 4.16. The van der Waals surface area contributed by atoms with Crippen molar-refractivity contribution < 1.29 is 26.7 Å². The molecule has 2 saturated carbocycles. The number of rotatable bonds is 5. The van der Waals surface area contributed by atoms with Gasteiger partial charge in [-0.25, -0.2) is 13.1 Å². The van der Waals surface area contributed by atoms with Crippen LogP contribution in [0.5, 0.6) is 5.75 Å². The molecule has 33 heavy (non-hydrogen) atoms. The molecule has 0 radical (unpaired) electrons. The molecule has 2 bridgehead atoms. The Hall–Kier alpha value is -2.06. The molecule has 3 aliphatic carbocycles. The van der Waals surface area contributed by atoms with Gasteiger partial charge in [0.05, 0.1) is 10.5 Å². The van der Waals surface area contributed by atoms with Gasteiger partial charge in [-0.1, -0.05) is 31.9 Å². The lowest BCUT2D eigenvalue weighted by atomic mass is 9.54. The molecular weight excluding hydrogens is 451 g/mol. The number of sulfonamides is 1. The summed E-state index contributed by atoms with van der Waals surface area (Å²) >= 11 is 0. The average Bonchev–Trinajstić information content (AvgIpc) is 3.56. The Kier molecular flexibility index (Phi) is 5.32. The Bertz CT molecular complexity index is 1180. The summed E-state index contributed by atoms with van der Waals surface area (Å²) in [7, 11) is -4.18. The van der Waals surface area contributed by atoms with Gasteiger partial charge in [0.1, 0.15) is 5.75 Å². The van der Waals surface area contributed by atoms with Crippen LogP contribution in [0.25, 0.3) is 0 Å². The standard InChI is InChI=1S/C25H28F3NO3S/c1-24-10-9-16(11-15-5-6-15)21(12-17-7-8-19(30)14-22(17)24)23(24)29-33(31,32)20-4-2-3-18(13-20)25(26,27)28/h2-4,7-8,13-16,21,23,29-30H,5-6,9-12H2,1H3/t16?,21-,23-,24-/m0/s1. The number of alkyl halides is 3. The van der Waals surface area contributed by atoms with E-state index in [1.165, 1.54) is 18.9 Å². The Morgan fingerprint density at radius 3 is 2.58 bits per heavy atom. The van der Waals surface area contributed by atoms with E-state index in [0.29, 0.717) is 24.3 Å². The maximum atomic E-state index is 13.3. The van der Waals surface area contributed by atoms with Crippen LogP contribution in [0.15, 0.2) is 47.4 Å². The van der Waals surface area contributed by atoms with Crippen molar-refractivity contribution in [3.63, 3.8) is 0 Å². The summed E-state index contributed by atoms with van der Waals surface area (Å²) in [5.41, 5.74) is 0.518. The Morgan fingerprint density at radius 1 is 1.12 bits per heavy atom. The summed E-state index contributed by atoms with van der Waals surface area (Å²) in [4.78, 5) is -0.376. The quantitative estimate of drug-likeness (QED) is 0.604. The number of fused-ring (bicyclic) bond motifs is 4. The highest BCUT2D eigenvalue weighted by Crippen LogP contribution is 2.54. The van der Waals surface area contributed by atoms with Gasteiger partial charge in [-0.05, 0) is 84.9 Å². The van der Waals surface area contributed by atoms with Gasteiger partial charge in [-0.15, -0.1) is 0 Å². The Balaban J connectivity index is 1.54. The largest absolute Gasteiger partial charge is 0.508 e. The van der Waals surface area contributed by atoms with Crippen LogP contribution in [0.4, 0.5) is 13.2 Å². The molecule has 0 aromatic heterocycles. The van der Waals surface area contributed by atoms with Crippen molar-refractivity contribution >= 4 is 10.0 Å². The molecule has 0 spiro atoms. The number of phenolic OH excluding ortho intramolecular Hbond substituents is 1. The fourth-order valence-corrected chi connectivity index (χ4v) is 7.53. The van der Waals surface area contributed by atoms with Gasteiger partial charge in [0, 0.05) is 11.5 Å². The zero-order chi connectivity index (χ0) is 23.6. The molecular formula is C25H28F3NO3S. The third-order valence-corrected chi connectivity index (χ3v) is 9.44. The Morgan fingerprint density at radius 2 is 1.88 bits per heavy atom. The molecule has 2 aromatic rings. The van der Waals surface area contributed by atoms with Gasteiger partial charge in [0.25, 0.3) is 0 Å². The van der Waals surface area contributed by atoms with E-state index >= 15 is 0 Å². The van der Waals surface area contributed by atoms with E-state index in [2.05, 4.69) is 4.72 Å². The van der Waals surface area contributed by atoms with Gasteiger partial charge in [-0.3, -0.25) is 0 Å². The minimum atomic E-state index is -4.62. The van der Waals surface area contributed by atoms with Crippen LogP contribution in [0, 0.1) is 17.8 Å². The van der Waals surface area contributed by atoms with Crippen molar-refractivity contribution in [2.45, 2.75) is 68.0 Å². The number of hydrogen-bond acceptors (Lipinski definition) is 3. The Labute approximate surface area is 192 Å². The monoisotopic (exact) mass is 479 g/mol. The summed E-state index contributed by atoms with van der Waals surface area (Å²) < 4.78 is 69.1. The molecule has 0 aliphatic heterocycles. The first-order chi connectivity index (χ1) is 15.5. The second-order valence-electron chi connectivity index (χ2n) is 10.2. The summed E-state index contributed by atoms with van der Waals surface area (Å²) in [5.74, 6) is 1.25. The molecule has 0 amide bonds. The molecule has 5 rings (SSSR count). The van der Waals surface area contributed by atoms with Crippen LogP contribution in [0.3, 0.4) is 0 Å². The van der Waals surface area contributed by atoms with E-state index in [9.17, 15) is 26.7 Å². The zero-order valence-electron chi connectivity index (χ0n) is 18.4. The molecule has 4 atom stereocenters. The predicted molar refractivity (Wildman–Crippen MR) is 118 cm³/mol. The highest BCUT2D eigenvalue weighted by atomic mass is 32.2. The van der Waals surface area contributed by atoms with E-state index in [1.54, 1.807) is 12.1 Å². The number of benzene rings is 2. The van der Waals surface area contributed by atoms with Crippen LogP contribution in [-0.4, -0.2) is 19.6 Å². The van der Waals surface area contributed by atoms with E-state index < -0.39 is 33.2 Å². The highest BCUT2D eigenvalue weighted by molar-refractivity contribution is 7.89. The van der Waals surface area contributed by atoms with E-state index in [-0.39, 0.29) is 16.6 Å². The van der Waals surface area contributed by atoms with Crippen molar-refractivity contribution in [3.05, 3.63) is 59.2 Å². The van der Waals surface area contributed by atoms with Crippen LogP contribution in [0.2, 0.25) is 0 Å². The molecule has 8 heteroatoms. The van der Waals surface area contributed by atoms with E-state index in [1.807, 2.05) is 13.0 Å². The van der Waals surface area contributed by atoms with Gasteiger partial charge in [0.2, 0.25) is 10.0 Å². The second kappa shape index (κ2) is 7.73. The lowest BCUT2D eigenvalue weighted by molar-refractivity contribution is -0.137. The number of halogens is 3. The summed E-state index contributed by atoms with van der Waals surface area (Å²) in [6.07, 6.45) is 1.30. The second-order valence-corrected chi connectivity index (χ2v) is 11.9. The van der Waals surface area contributed by atoms with Crippen molar-refractivity contribution in [1.82, 2.24) is 4.72 Å². The van der Waals surface area contributed by atoms with E-state index in [0.717, 1.165) is 42.5 Å². The fourth-order valence-electron chi connectivity index (χ4n) is 6.08. The minimum absolute atomic E-state index is 0.0574. The lowest BCUT2D eigenvalue weighted by Gasteiger charge is -2.54.